The normalized spacial score (nSPS) is 10.5. The van der Waals surface area contributed by atoms with Crippen LogP contribution in [-0.4, -0.2) is 24.9 Å². The maximum absolute atomic E-state index is 4.34. The van der Waals surface area contributed by atoms with Crippen LogP contribution in [0.5, 0.6) is 0 Å². The van der Waals surface area contributed by atoms with E-state index in [2.05, 4.69) is 37.1 Å². The van der Waals surface area contributed by atoms with Crippen molar-refractivity contribution < 1.29 is 20.1 Å². The predicted molar refractivity (Wildman–Crippen MR) is 110 cm³/mol. The van der Waals surface area contributed by atoms with Gasteiger partial charge in [-0.1, -0.05) is 47.4 Å². The molecule has 0 saturated carbocycles. The molecule has 0 amide bonds. The first-order chi connectivity index (χ1) is 13.9. The van der Waals surface area contributed by atoms with Crippen molar-refractivity contribution in [2.45, 2.75) is 0 Å². The summed E-state index contributed by atoms with van der Waals surface area (Å²) < 4.78 is 0. The van der Waals surface area contributed by atoms with Crippen LogP contribution < -0.4 is 0 Å². The molecule has 141 valence electrons. The molecule has 0 atom stereocenters. The molecule has 0 aliphatic rings. The zero-order valence-electron chi connectivity index (χ0n) is 15.1. The van der Waals surface area contributed by atoms with Gasteiger partial charge in [0.15, 0.2) is 0 Å². The molecular weight excluding hydrogens is 539 g/mol. The summed E-state index contributed by atoms with van der Waals surface area (Å²) in [6.45, 7) is 0. The van der Waals surface area contributed by atoms with Crippen LogP contribution in [0.3, 0.4) is 0 Å². The minimum absolute atomic E-state index is 0. The van der Waals surface area contributed by atoms with Crippen molar-refractivity contribution in [1.82, 2.24) is 24.9 Å². The van der Waals surface area contributed by atoms with E-state index in [4.69, 9.17) is 0 Å². The summed E-state index contributed by atoms with van der Waals surface area (Å²) in [5.74, 6) is 0. The fourth-order valence-corrected chi connectivity index (χ4v) is 3.11. The first-order valence-electron chi connectivity index (χ1n) is 8.76. The summed E-state index contributed by atoms with van der Waals surface area (Å²) in [5, 5.41) is 4.02. The number of aromatic nitrogens is 5. The molecule has 6 heteroatoms. The van der Waals surface area contributed by atoms with Crippen molar-refractivity contribution in [3.63, 3.8) is 0 Å². The Labute approximate surface area is 180 Å². The van der Waals surface area contributed by atoms with Gasteiger partial charge in [0.2, 0.25) is 0 Å². The summed E-state index contributed by atoms with van der Waals surface area (Å²) in [7, 11) is 0. The quantitative estimate of drug-likeness (QED) is 0.205. The number of fused-ring (bicyclic) bond motifs is 6. The van der Waals surface area contributed by atoms with Crippen molar-refractivity contribution in [2.24, 2.45) is 0 Å². The predicted octanol–water partition coefficient (Wildman–Crippen LogP) is 4.56. The molecule has 1 radical (unpaired) electrons. The van der Waals surface area contributed by atoms with Crippen LogP contribution in [0, 0.1) is 12.1 Å². The molecule has 0 aliphatic carbocycles. The van der Waals surface area contributed by atoms with Gasteiger partial charge in [-0.15, -0.1) is 24.3 Å². The van der Waals surface area contributed by atoms with Crippen LogP contribution in [0.15, 0.2) is 79.5 Å². The molecule has 0 saturated heterocycles. The van der Waals surface area contributed by atoms with Crippen molar-refractivity contribution in [1.29, 1.82) is 0 Å². The molecular formula is C23H13IrN5-2. The Morgan fingerprint density at radius 1 is 0.586 bits per heavy atom. The van der Waals surface area contributed by atoms with Crippen LogP contribution >= 0.6 is 0 Å². The Bertz CT molecular complexity index is 1210. The van der Waals surface area contributed by atoms with Crippen LogP contribution in [0.4, 0.5) is 0 Å². The van der Waals surface area contributed by atoms with Gasteiger partial charge in [-0.2, -0.15) is 0 Å². The number of rotatable bonds is 0. The van der Waals surface area contributed by atoms with Gasteiger partial charge >= 0.3 is 0 Å². The Kier molecular flexibility index (Phi) is 5.47. The first kappa shape index (κ1) is 19.0. The maximum atomic E-state index is 4.34. The van der Waals surface area contributed by atoms with E-state index in [1.165, 1.54) is 0 Å². The van der Waals surface area contributed by atoms with E-state index in [0.717, 1.165) is 38.1 Å². The van der Waals surface area contributed by atoms with E-state index in [1.54, 1.807) is 37.1 Å². The SMILES string of the molecule is [Ir].[c-]1ccnc2ccc3cccnc3c12.[c-]1ccnc2ncc3cccnc3c12. The topological polar surface area (TPSA) is 64.5 Å². The van der Waals surface area contributed by atoms with E-state index in [0.29, 0.717) is 5.65 Å². The van der Waals surface area contributed by atoms with Crippen LogP contribution in [-0.2, 0) is 20.1 Å². The van der Waals surface area contributed by atoms with Gasteiger partial charge in [-0.25, -0.2) is 0 Å². The summed E-state index contributed by atoms with van der Waals surface area (Å²) in [5.41, 5.74) is 3.51. The molecule has 5 heterocycles. The molecule has 0 N–H and O–H groups in total. The minimum atomic E-state index is 0. The van der Waals surface area contributed by atoms with Gasteiger partial charge in [0.05, 0.1) is 5.65 Å². The molecule has 1 aromatic carbocycles. The average molecular weight is 552 g/mol. The van der Waals surface area contributed by atoms with Gasteiger partial charge < -0.3 is 19.9 Å². The number of hydrogen-bond acceptors (Lipinski definition) is 5. The molecule has 0 bridgehead atoms. The van der Waals surface area contributed by atoms with Gasteiger partial charge in [0.25, 0.3) is 0 Å². The summed E-state index contributed by atoms with van der Waals surface area (Å²) >= 11 is 0. The number of pyridine rings is 5. The first-order valence-corrected chi connectivity index (χ1v) is 8.76. The monoisotopic (exact) mass is 552 g/mol. The molecule has 6 rings (SSSR count). The zero-order chi connectivity index (χ0) is 18.8. The molecule has 5 aromatic heterocycles. The Hall–Kier alpha value is -3.34. The second-order valence-corrected chi connectivity index (χ2v) is 6.11. The second-order valence-electron chi connectivity index (χ2n) is 6.11. The molecule has 0 spiro atoms. The fraction of sp³-hybridized carbons (Fsp3) is 0. The third-order valence-corrected chi connectivity index (χ3v) is 4.39. The van der Waals surface area contributed by atoms with Crippen LogP contribution in [0.25, 0.3) is 43.7 Å². The average Bonchev–Trinajstić information content (AvgIpc) is 2.79. The maximum Gasteiger partial charge on any atom is 0.0671 e. The Morgan fingerprint density at radius 2 is 1.28 bits per heavy atom. The minimum Gasteiger partial charge on any atom is -0.352 e. The van der Waals surface area contributed by atoms with Gasteiger partial charge in [0.1, 0.15) is 0 Å². The summed E-state index contributed by atoms with van der Waals surface area (Å²) in [6.07, 6.45) is 8.78. The zero-order valence-corrected chi connectivity index (χ0v) is 17.5. The summed E-state index contributed by atoms with van der Waals surface area (Å²) in [6, 6.07) is 21.8. The molecule has 29 heavy (non-hydrogen) atoms. The Morgan fingerprint density at radius 3 is 2.10 bits per heavy atom. The Balaban J connectivity index is 0.000000137. The van der Waals surface area contributed by atoms with E-state index in [9.17, 15) is 0 Å². The number of hydrogen-bond donors (Lipinski definition) is 0. The summed E-state index contributed by atoms with van der Waals surface area (Å²) in [4.78, 5) is 21.3. The van der Waals surface area contributed by atoms with Gasteiger partial charge in [0, 0.05) is 44.2 Å². The molecule has 6 aromatic rings. The van der Waals surface area contributed by atoms with E-state index in [-0.39, 0.29) is 20.1 Å². The number of nitrogens with zero attached hydrogens (tertiary/aromatic N) is 5. The van der Waals surface area contributed by atoms with E-state index >= 15 is 0 Å². The second kappa shape index (κ2) is 8.35. The molecule has 0 unspecified atom stereocenters. The van der Waals surface area contributed by atoms with Crippen molar-refractivity contribution in [3.05, 3.63) is 91.6 Å². The number of benzene rings is 1. The van der Waals surface area contributed by atoms with Crippen LogP contribution in [0.2, 0.25) is 0 Å². The molecule has 0 fully saturated rings. The third-order valence-electron chi connectivity index (χ3n) is 4.39. The smallest absolute Gasteiger partial charge is 0.0671 e. The van der Waals surface area contributed by atoms with E-state index in [1.807, 2.05) is 42.5 Å². The van der Waals surface area contributed by atoms with E-state index < -0.39 is 0 Å². The van der Waals surface area contributed by atoms with Crippen molar-refractivity contribution in [3.8, 4) is 0 Å². The third kappa shape index (κ3) is 3.68. The molecule has 0 aliphatic heterocycles. The van der Waals surface area contributed by atoms with Gasteiger partial charge in [-0.3, -0.25) is 4.98 Å². The standard InChI is InChI=1S/C12H7N2.C11H6N3.Ir/c1-3-9-5-6-11-10(4-2-7-13-11)12(9)14-8-1;1-3-8-7-14-11-9(4-2-6-13-11)10(8)12-5-1;/h1-3,5-8H;1-3,5-7H;/q2*-1;. The largest absolute Gasteiger partial charge is 0.352 e. The van der Waals surface area contributed by atoms with Crippen molar-refractivity contribution >= 4 is 43.7 Å². The van der Waals surface area contributed by atoms with Crippen molar-refractivity contribution in [2.75, 3.05) is 0 Å². The van der Waals surface area contributed by atoms with Gasteiger partial charge in [-0.05, 0) is 33.9 Å². The fourth-order valence-electron chi connectivity index (χ4n) is 3.11. The molecule has 5 nitrogen and oxygen atoms in total. The van der Waals surface area contributed by atoms with Crippen LogP contribution in [0.1, 0.15) is 0 Å².